The maximum atomic E-state index is 11.5. The lowest BCUT2D eigenvalue weighted by Gasteiger charge is -2.05. The molecule has 1 heterocycles. The van der Waals surface area contributed by atoms with Gasteiger partial charge in [0.05, 0.1) is 5.02 Å². The molecule has 0 fully saturated rings. The molecule has 1 aromatic carbocycles. The Bertz CT molecular complexity index is 533. The van der Waals surface area contributed by atoms with Crippen molar-refractivity contribution in [3.8, 4) is 0 Å². The number of rotatable bonds is 4. The Labute approximate surface area is 105 Å². The quantitative estimate of drug-likeness (QED) is 0.814. The number of aryl methyl sites for hydroxylation is 2. The van der Waals surface area contributed by atoms with Crippen molar-refractivity contribution in [2.24, 2.45) is 0 Å². The molecule has 0 aliphatic heterocycles. The van der Waals surface area contributed by atoms with E-state index in [1.807, 2.05) is 18.2 Å². The van der Waals surface area contributed by atoms with Crippen LogP contribution in [0.1, 0.15) is 12.0 Å². The molecule has 0 unspecified atom stereocenters. The Hall–Kier alpha value is -1.54. The van der Waals surface area contributed by atoms with Gasteiger partial charge in [0.1, 0.15) is 0 Å². The molecule has 17 heavy (non-hydrogen) atoms. The van der Waals surface area contributed by atoms with Gasteiger partial charge in [-0.2, -0.15) is 0 Å². The second-order valence-corrected chi connectivity index (χ2v) is 4.40. The first kappa shape index (κ1) is 11.9. The summed E-state index contributed by atoms with van der Waals surface area (Å²) >= 11 is 5.85. The van der Waals surface area contributed by atoms with Crippen LogP contribution in [0.4, 0.5) is 0 Å². The number of pyridine rings is 1. The summed E-state index contributed by atoms with van der Waals surface area (Å²) in [5.74, 6) is 0. The van der Waals surface area contributed by atoms with Crippen molar-refractivity contribution in [1.29, 1.82) is 0 Å². The molecule has 0 aliphatic rings. The summed E-state index contributed by atoms with van der Waals surface area (Å²) in [6.45, 7) is 0.703. The molecule has 0 spiro atoms. The number of hydrogen-bond donors (Lipinski definition) is 0. The zero-order valence-electron chi connectivity index (χ0n) is 9.47. The standard InChI is InChI=1S/C14H14ClNO/c15-13-8-9-14(17)16(11-13)10-4-7-12-5-2-1-3-6-12/h1-3,5-6,8-9,11H,4,7,10H2. The summed E-state index contributed by atoms with van der Waals surface area (Å²) in [4.78, 5) is 11.5. The average molecular weight is 248 g/mol. The van der Waals surface area contributed by atoms with Crippen LogP contribution in [0.3, 0.4) is 0 Å². The third-order valence-electron chi connectivity index (χ3n) is 2.65. The fraction of sp³-hybridized carbons (Fsp3) is 0.214. The third kappa shape index (κ3) is 3.46. The van der Waals surface area contributed by atoms with E-state index in [0.717, 1.165) is 12.8 Å². The van der Waals surface area contributed by atoms with Crippen LogP contribution >= 0.6 is 11.6 Å². The summed E-state index contributed by atoms with van der Waals surface area (Å²) in [7, 11) is 0. The number of aromatic nitrogens is 1. The molecule has 1 aromatic heterocycles. The van der Waals surface area contributed by atoms with Gasteiger partial charge < -0.3 is 4.57 Å². The van der Waals surface area contributed by atoms with Gasteiger partial charge in [-0.25, -0.2) is 0 Å². The topological polar surface area (TPSA) is 22.0 Å². The summed E-state index contributed by atoms with van der Waals surface area (Å²) < 4.78 is 1.66. The Morgan fingerprint density at radius 1 is 1.06 bits per heavy atom. The molecular weight excluding hydrogens is 234 g/mol. The van der Waals surface area contributed by atoms with E-state index in [0.29, 0.717) is 11.6 Å². The second-order valence-electron chi connectivity index (χ2n) is 3.97. The maximum absolute atomic E-state index is 11.5. The lowest BCUT2D eigenvalue weighted by molar-refractivity contribution is 0.622. The van der Waals surface area contributed by atoms with Gasteiger partial charge in [0, 0.05) is 18.8 Å². The molecule has 0 saturated carbocycles. The van der Waals surface area contributed by atoms with Crippen molar-refractivity contribution in [3.05, 3.63) is 69.6 Å². The van der Waals surface area contributed by atoms with Crippen molar-refractivity contribution in [2.75, 3.05) is 0 Å². The zero-order valence-corrected chi connectivity index (χ0v) is 10.2. The first-order valence-electron chi connectivity index (χ1n) is 5.65. The first-order chi connectivity index (χ1) is 8.25. The molecule has 2 rings (SSSR count). The highest BCUT2D eigenvalue weighted by atomic mass is 35.5. The van der Waals surface area contributed by atoms with Gasteiger partial charge in [-0.3, -0.25) is 4.79 Å². The molecular formula is C14H14ClNO. The average Bonchev–Trinajstić information content (AvgIpc) is 2.35. The SMILES string of the molecule is O=c1ccc(Cl)cn1CCCc1ccccc1. The summed E-state index contributed by atoms with van der Waals surface area (Å²) in [5, 5.41) is 0.601. The second kappa shape index (κ2) is 5.69. The molecule has 2 aromatic rings. The number of halogens is 1. The van der Waals surface area contributed by atoms with Gasteiger partial charge >= 0.3 is 0 Å². The summed E-state index contributed by atoms with van der Waals surface area (Å²) in [6, 6.07) is 13.4. The van der Waals surface area contributed by atoms with Gasteiger partial charge in [0.2, 0.25) is 0 Å². The van der Waals surface area contributed by atoms with Crippen LogP contribution in [-0.4, -0.2) is 4.57 Å². The number of nitrogens with zero attached hydrogens (tertiary/aromatic N) is 1. The highest BCUT2D eigenvalue weighted by Gasteiger charge is 1.97. The van der Waals surface area contributed by atoms with E-state index >= 15 is 0 Å². The van der Waals surface area contributed by atoms with Crippen LogP contribution < -0.4 is 5.56 Å². The minimum atomic E-state index is 0.00228. The zero-order chi connectivity index (χ0) is 12.1. The van der Waals surface area contributed by atoms with Crippen LogP contribution in [0.2, 0.25) is 5.02 Å². The minimum absolute atomic E-state index is 0.00228. The fourth-order valence-electron chi connectivity index (χ4n) is 1.78. The molecule has 0 saturated heterocycles. The summed E-state index contributed by atoms with van der Waals surface area (Å²) in [5.41, 5.74) is 1.30. The van der Waals surface area contributed by atoms with E-state index in [1.54, 1.807) is 16.8 Å². The molecule has 88 valence electrons. The predicted octanol–water partition coefficient (Wildman–Crippen LogP) is 3.13. The smallest absolute Gasteiger partial charge is 0.250 e. The Kier molecular flexibility index (Phi) is 3.99. The van der Waals surface area contributed by atoms with Gasteiger partial charge in [0.25, 0.3) is 5.56 Å². The van der Waals surface area contributed by atoms with Crippen LogP contribution in [0.5, 0.6) is 0 Å². The van der Waals surface area contributed by atoms with E-state index in [-0.39, 0.29) is 5.56 Å². The van der Waals surface area contributed by atoms with Gasteiger partial charge in [-0.15, -0.1) is 0 Å². The molecule has 3 heteroatoms. The molecule has 0 amide bonds. The molecule has 0 radical (unpaired) electrons. The van der Waals surface area contributed by atoms with Crippen LogP contribution in [0.15, 0.2) is 53.5 Å². The molecule has 0 atom stereocenters. The van der Waals surface area contributed by atoms with Crippen molar-refractivity contribution in [3.63, 3.8) is 0 Å². The van der Waals surface area contributed by atoms with Crippen LogP contribution in [-0.2, 0) is 13.0 Å². The van der Waals surface area contributed by atoms with E-state index in [9.17, 15) is 4.79 Å². The molecule has 0 N–H and O–H groups in total. The number of benzene rings is 1. The molecule has 2 nitrogen and oxygen atoms in total. The van der Waals surface area contributed by atoms with Crippen molar-refractivity contribution < 1.29 is 0 Å². The van der Waals surface area contributed by atoms with Crippen molar-refractivity contribution >= 4 is 11.6 Å². The Morgan fingerprint density at radius 2 is 1.82 bits per heavy atom. The van der Waals surface area contributed by atoms with Crippen molar-refractivity contribution in [2.45, 2.75) is 19.4 Å². The van der Waals surface area contributed by atoms with Gasteiger partial charge in [-0.1, -0.05) is 41.9 Å². The first-order valence-corrected chi connectivity index (χ1v) is 6.03. The number of hydrogen-bond acceptors (Lipinski definition) is 1. The van der Waals surface area contributed by atoms with Crippen LogP contribution in [0, 0.1) is 0 Å². The van der Waals surface area contributed by atoms with Crippen LogP contribution in [0.25, 0.3) is 0 Å². The minimum Gasteiger partial charge on any atom is -0.314 e. The Balaban J connectivity index is 1.94. The van der Waals surface area contributed by atoms with E-state index < -0.39 is 0 Å². The maximum Gasteiger partial charge on any atom is 0.250 e. The molecule has 0 bridgehead atoms. The van der Waals surface area contributed by atoms with E-state index in [4.69, 9.17) is 11.6 Å². The molecule has 0 aliphatic carbocycles. The fourth-order valence-corrected chi connectivity index (χ4v) is 1.96. The van der Waals surface area contributed by atoms with E-state index in [1.165, 1.54) is 11.6 Å². The Morgan fingerprint density at radius 3 is 2.59 bits per heavy atom. The normalized spacial score (nSPS) is 10.4. The summed E-state index contributed by atoms with van der Waals surface area (Å²) in [6.07, 6.45) is 3.60. The lowest BCUT2D eigenvalue weighted by Crippen LogP contribution is -2.18. The van der Waals surface area contributed by atoms with Crippen molar-refractivity contribution in [1.82, 2.24) is 4.57 Å². The largest absolute Gasteiger partial charge is 0.314 e. The lowest BCUT2D eigenvalue weighted by atomic mass is 10.1. The van der Waals surface area contributed by atoms with E-state index in [2.05, 4.69) is 12.1 Å². The van der Waals surface area contributed by atoms with Gasteiger partial charge in [0.15, 0.2) is 0 Å². The van der Waals surface area contributed by atoms with Gasteiger partial charge in [-0.05, 0) is 24.5 Å². The monoisotopic (exact) mass is 247 g/mol. The third-order valence-corrected chi connectivity index (χ3v) is 2.88. The highest BCUT2D eigenvalue weighted by molar-refractivity contribution is 6.30. The predicted molar refractivity (Wildman–Crippen MR) is 70.5 cm³/mol. The highest BCUT2D eigenvalue weighted by Crippen LogP contribution is 2.06.